The van der Waals surface area contributed by atoms with Crippen LogP contribution in [0.5, 0.6) is 0 Å². The lowest BCUT2D eigenvalue weighted by Crippen LogP contribution is -2.20. The molecule has 0 radical (unpaired) electrons. The van der Waals surface area contributed by atoms with Gasteiger partial charge in [0.05, 0.1) is 6.61 Å². The summed E-state index contributed by atoms with van der Waals surface area (Å²) in [5.74, 6) is 0. The zero-order valence-electron chi connectivity index (χ0n) is 7.46. The molecule has 2 nitrogen and oxygen atoms in total. The van der Waals surface area contributed by atoms with Crippen LogP contribution in [0.3, 0.4) is 0 Å². The molecule has 2 N–H and O–H groups in total. The first kappa shape index (κ1) is 10.7. The van der Waals surface area contributed by atoms with Crippen molar-refractivity contribution in [2.75, 3.05) is 19.7 Å². The molecule has 1 rings (SSSR count). The summed E-state index contributed by atoms with van der Waals surface area (Å²) in [5.41, 5.74) is 1.31. The predicted octanol–water partition coefficient (Wildman–Crippen LogP) is 1.57. The van der Waals surface area contributed by atoms with Crippen LogP contribution in [0.25, 0.3) is 0 Å². The average Bonchev–Trinajstić information content (AvgIpc) is 2.13. The maximum absolute atomic E-state index is 8.54. The Hall–Kier alpha value is -0.380. The topological polar surface area (TPSA) is 32.3 Å². The molecule has 0 unspecified atom stereocenters. The largest absolute Gasteiger partial charge is 0.395 e. The molecule has 0 spiro atoms. The maximum Gasteiger partial charge on any atom is 0.0555 e. The van der Waals surface area contributed by atoms with E-state index in [9.17, 15) is 0 Å². The summed E-state index contributed by atoms with van der Waals surface area (Å²) in [4.78, 5) is 0. The third-order valence-corrected chi connectivity index (χ3v) is 2.26. The Morgan fingerprint density at radius 3 is 2.85 bits per heavy atom. The second-order valence-corrected chi connectivity index (χ2v) is 3.77. The fourth-order valence-corrected chi connectivity index (χ4v) is 1.58. The van der Waals surface area contributed by atoms with Crippen LogP contribution in [0.2, 0.25) is 0 Å². The smallest absolute Gasteiger partial charge is 0.0555 e. The van der Waals surface area contributed by atoms with Gasteiger partial charge < -0.3 is 10.4 Å². The zero-order chi connectivity index (χ0) is 9.52. The van der Waals surface area contributed by atoms with E-state index in [-0.39, 0.29) is 6.61 Å². The Labute approximate surface area is 87.1 Å². The van der Waals surface area contributed by atoms with Crippen LogP contribution >= 0.6 is 15.9 Å². The maximum atomic E-state index is 8.54. The van der Waals surface area contributed by atoms with Crippen LogP contribution in [-0.4, -0.2) is 24.8 Å². The third kappa shape index (κ3) is 4.41. The highest BCUT2D eigenvalue weighted by Crippen LogP contribution is 2.11. The Bertz CT molecular complexity index is 252. The molecule has 13 heavy (non-hydrogen) atoms. The van der Waals surface area contributed by atoms with Crippen LogP contribution in [0, 0.1) is 0 Å². The zero-order valence-corrected chi connectivity index (χ0v) is 9.05. The Morgan fingerprint density at radius 1 is 1.31 bits per heavy atom. The summed E-state index contributed by atoms with van der Waals surface area (Å²) in [6, 6.07) is 8.27. The summed E-state index contributed by atoms with van der Waals surface area (Å²) in [7, 11) is 0. The lowest BCUT2D eigenvalue weighted by atomic mass is 10.1. The van der Waals surface area contributed by atoms with Gasteiger partial charge in [-0.05, 0) is 30.7 Å². The summed E-state index contributed by atoms with van der Waals surface area (Å²) >= 11 is 3.42. The molecule has 0 amide bonds. The second kappa shape index (κ2) is 6.13. The number of hydrogen-bond donors (Lipinski definition) is 2. The molecule has 0 aromatic heterocycles. The molecule has 0 fully saturated rings. The highest BCUT2D eigenvalue weighted by Gasteiger charge is 1.93. The summed E-state index contributed by atoms with van der Waals surface area (Å²) in [6.07, 6.45) is 0.999. The Morgan fingerprint density at radius 2 is 2.15 bits per heavy atom. The van der Waals surface area contributed by atoms with Crippen molar-refractivity contribution in [3.8, 4) is 0 Å². The van der Waals surface area contributed by atoms with E-state index in [2.05, 4.69) is 33.4 Å². The van der Waals surface area contributed by atoms with Gasteiger partial charge in [-0.25, -0.2) is 0 Å². The van der Waals surface area contributed by atoms with E-state index in [1.807, 2.05) is 12.1 Å². The van der Waals surface area contributed by atoms with E-state index in [4.69, 9.17) is 5.11 Å². The van der Waals surface area contributed by atoms with Crippen molar-refractivity contribution in [1.29, 1.82) is 0 Å². The van der Waals surface area contributed by atoms with E-state index >= 15 is 0 Å². The van der Waals surface area contributed by atoms with Gasteiger partial charge in [0.1, 0.15) is 0 Å². The van der Waals surface area contributed by atoms with Gasteiger partial charge in [-0.15, -0.1) is 0 Å². The Kier molecular flexibility index (Phi) is 5.05. The van der Waals surface area contributed by atoms with Crippen molar-refractivity contribution in [2.24, 2.45) is 0 Å². The molecule has 0 atom stereocenters. The van der Waals surface area contributed by atoms with Gasteiger partial charge >= 0.3 is 0 Å². The van der Waals surface area contributed by atoms with Gasteiger partial charge in [0, 0.05) is 11.0 Å². The number of nitrogens with one attached hydrogen (secondary N) is 1. The standard InChI is InChI=1S/C10H14BrNO/c11-10-3-1-2-9(8-10)4-5-12-6-7-13/h1-3,8,12-13H,4-7H2. The van der Waals surface area contributed by atoms with Gasteiger partial charge in [0.15, 0.2) is 0 Å². The van der Waals surface area contributed by atoms with Crippen LogP contribution in [0.4, 0.5) is 0 Å². The number of hydrogen-bond acceptors (Lipinski definition) is 2. The van der Waals surface area contributed by atoms with Crippen molar-refractivity contribution < 1.29 is 5.11 Å². The van der Waals surface area contributed by atoms with Gasteiger partial charge in [-0.3, -0.25) is 0 Å². The first-order valence-electron chi connectivity index (χ1n) is 4.39. The number of aliphatic hydroxyl groups excluding tert-OH is 1. The van der Waals surface area contributed by atoms with Crippen LogP contribution in [-0.2, 0) is 6.42 Å². The molecule has 0 bridgehead atoms. The summed E-state index contributed by atoms with van der Waals surface area (Å²) in [5, 5.41) is 11.7. The van der Waals surface area contributed by atoms with Crippen molar-refractivity contribution in [1.82, 2.24) is 5.32 Å². The number of rotatable bonds is 5. The summed E-state index contributed by atoms with van der Waals surface area (Å²) in [6.45, 7) is 1.80. The first-order valence-corrected chi connectivity index (χ1v) is 5.18. The van der Waals surface area contributed by atoms with E-state index in [0.29, 0.717) is 6.54 Å². The minimum atomic E-state index is 0.207. The molecule has 0 heterocycles. The molecule has 1 aromatic rings. The van der Waals surface area contributed by atoms with Gasteiger partial charge in [0.2, 0.25) is 0 Å². The van der Waals surface area contributed by atoms with E-state index in [1.165, 1.54) is 5.56 Å². The van der Waals surface area contributed by atoms with Gasteiger partial charge in [-0.2, -0.15) is 0 Å². The van der Waals surface area contributed by atoms with Crippen molar-refractivity contribution in [3.63, 3.8) is 0 Å². The van der Waals surface area contributed by atoms with E-state index in [0.717, 1.165) is 17.4 Å². The molecular formula is C10H14BrNO. The minimum Gasteiger partial charge on any atom is -0.395 e. The molecule has 0 aliphatic rings. The van der Waals surface area contributed by atoms with E-state index in [1.54, 1.807) is 0 Å². The van der Waals surface area contributed by atoms with E-state index < -0.39 is 0 Å². The minimum absolute atomic E-state index is 0.207. The van der Waals surface area contributed by atoms with Crippen molar-refractivity contribution >= 4 is 15.9 Å². The Balaban J connectivity index is 2.28. The number of aliphatic hydroxyl groups is 1. The molecule has 3 heteroatoms. The average molecular weight is 244 g/mol. The highest BCUT2D eigenvalue weighted by atomic mass is 79.9. The number of halogens is 1. The second-order valence-electron chi connectivity index (χ2n) is 2.85. The van der Waals surface area contributed by atoms with Crippen LogP contribution < -0.4 is 5.32 Å². The SMILES string of the molecule is OCCNCCc1cccc(Br)c1. The predicted molar refractivity (Wildman–Crippen MR) is 57.8 cm³/mol. The lowest BCUT2D eigenvalue weighted by molar-refractivity contribution is 0.293. The van der Waals surface area contributed by atoms with Gasteiger partial charge in [-0.1, -0.05) is 28.1 Å². The monoisotopic (exact) mass is 243 g/mol. The van der Waals surface area contributed by atoms with Crippen molar-refractivity contribution in [2.45, 2.75) is 6.42 Å². The third-order valence-electron chi connectivity index (χ3n) is 1.77. The molecule has 0 aliphatic carbocycles. The molecule has 0 aliphatic heterocycles. The first-order chi connectivity index (χ1) is 6.33. The normalized spacial score (nSPS) is 10.3. The lowest BCUT2D eigenvalue weighted by Gasteiger charge is -2.03. The fourth-order valence-electron chi connectivity index (χ4n) is 1.13. The summed E-state index contributed by atoms with van der Waals surface area (Å²) < 4.78 is 1.12. The highest BCUT2D eigenvalue weighted by molar-refractivity contribution is 9.10. The molecule has 0 saturated heterocycles. The van der Waals surface area contributed by atoms with Gasteiger partial charge in [0.25, 0.3) is 0 Å². The molecular weight excluding hydrogens is 230 g/mol. The van der Waals surface area contributed by atoms with Crippen LogP contribution in [0.1, 0.15) is 5.56 Å². The molecule has 0 saturated carbocycles. The van der Waals surface area contributed by atoms with Crippen molar-refractivity contribution in [3.05, 3.63) is 34.3 Å². The van der Waals surface area contributed by atoms with Crippen LogP contribution in [0.15, 0.2) is 28.7 Å². The quantitative estimate of drug-likeness (QED) is 0.770. The fraction of sp³-hybridized carbons (Fsp3) is 0.400. The number of benzene rings is 1. The molecule has 1 aromatic carbocycles. The molecule has 72 valence electrons.